The van der Waals surface area contributed by atoms with Crippen molar-refractivity contribution in [2.24, 2.45) is 12.5 Å². The Morgan fingerprint density at radius 1 is 1.67 bits per heavy atom. The minimum atomic E-state index is 0.368. The van der Waals surface area contributed by atoms with Gasteiger partial charge in [0, 0.05) is 19.1 Å². The lowest BCUT2D eigenvalue weighted by Crippen LogP contribution is -2.51. The molecule has 3 heterocycles. The molecule has 2 saturated heterocycles. The van der Waals surface area contributed by atoms with Crippen LogP contribution in [0, 0.1) is 5.41 Å². The summed E-state index contributed by atoms with van der Waals surface area (Å²) in [5.41, 5.74) is 0.368. The number of aromatic nitrogens is 3. The lowest BCUT2D eigenvalue weighted by atomic mass is 9.63. The first-order valence-corrected chi connectivity index (χ1v) is 5.37. The summed E-state index contributed by atoms with van der Waals surface area (Å²) in [5.74, 6) is 0.749. The molecule has 5 nitrogen and oxygen atoms in total. The standard InChI is InChI=1S/C10H15N3O2/c1-13-9(6-11-12-13)15-7-10-2-3-14-8(4-10)5-10/h6,8H,2-5,7H2,1H3. The normalized spacial score (nSPS) is 33.5. The van der Waals surface area contributed by atoms with Crippen LogP contribution in [0.4, 0.5) is 0 Å². The Hall–Kier alpha value is -1.10. The number of hydrogen-bond donors (Lipinski definition) is 0. The van der Waals surface area contributed by atoms with Gasteiger partial charge in [-0.25, -0.2) is 4.68 Å². The summed E-state index contributed by atoms with van der Waals surface area (Å²) in [7, 11) is 1.84. The smallest absolute Gasteiger partial charge is 0.232 e. The summed E-state index contributed by atoms with van der Waals surface area (Å²) in [4.78, 5) is 0. The first kappa shape index (κ1) is 9.15. The lowest BCUT2D eigenvalue weighted by Gasteiger charge is -2.51. The van der Waals surface area contributed by atoms with Gasteiger partial charge < -0.3 is 9.47 Å². The molecule has 0 atom stereocenters. The Morgan fingerprint density at radius 2 is 2.53 bits per heavy atom. The summed E-state index contributed by atoms with van der Waals surface area (Å²) in [6.07, 6.45) is 5.57. The second-order valence-corrected chi connectivity index (χ2v) is 4.64. The van der Waals surface area contributed by atoms with Crippen LogP contribution in [0.15, 0.2) is 6.20 Å². The van der Waals surface area contributed by atoms with Gasteiger partial charge in [0.05, 0.1) is 12.7 Å². The quantitative estimate of drug-likeness (QED) is 0.737. The van der Waals surface area contributed by atoms with Crippen LogP contribution in [-0.2, 0) is 11.8 Å². The number of aryl methyl sites for hydroxylation is 1. The molecule has 1 aromatic heterocycles. The molecule has 15 heavy (non-hydrogen) atoms. The van der Waals surface area contributed by atoms with Crippen LogP contribution >= 0.6 is 0 Å². The number of rotatable bonds is 3. The molecule has 4 rings (SSSR count). The molecule has 0 spiro atoms. The van der Waals surface area contributed by atoms with Crippen molar-refractivity contribution in [3.05, 3.63) is 6.20 Å². The maximum absolute atomic E-state index is 5.74. The van der Waals surface area contributed by atoms with Crippen LogP contribution in [0.3, 0.4) is 0 Å². The highest BCUT2D eigenvalue weighted by Gasteiger charge is 2.48. The van der Waals surface area contributed by atoms with Gasteiger partial charge in [0.15, 0.2) is 0 Å². The Balaban J connectivity index is 1.60. The highest BCUT2D eigenvalue weighted by Crippen LogP contribution is 2.49. The molecular formula is C10H15N3O2. The van der Waals surface area contributed by atoms with Crippen molar-refractivity contribution in [3.63, 3.8) is 0 Å². The molecule has 1 aliphatic carbocycles. The van der Waals surface area contributed by atoms with Gasteiger partial charge in [-0.3, -0.25) is 0 Å². The number of nitrogens with zero attached hydrogens (tertiary/aromatic N) is 3. The van der Waals surface area contributed by atoms with E-state index in [2.05, 4.69) is 10.3 Å². The minimum absolute atomic E-state index is 0.368. The Labute approximate surface area is 88.4 Å². The van der Waals surface area contributed by atoms with E-state index >= 15 is 0 Å². The molecule has 2 aliphatic heterocycles. The van der Waals surface area contributed by atoms with E-state index < -0.39 is 0 Å². The molecule has 1 saturated carbocycles. The molecule has 0 N–H and O–H groups in total. The molecule has 3 fully saturated rings. The highest BCUT2D eigenvalue weighted by molar-refractivity contribution is 5.04. The van der Waals surface area contributed by atoms with Gasteiger partial charge >= 0.3 is 0 Å². The van der Waals surface area contributed by atoms with E-state index in [9.17, 15) is 0 Å². The van der Waals surface area contributed by atoms with Gasteiger partial charge in [0.25, 0.3) is 0 Å². The van der Waals surface area contributed by atoms with Gasteiger partial charge in [-0.1, -0.05) is 5.21 Å². The molecule has 3 aliphatic rings. The lowest BCUT2D eigenvalue weighted by molar-refractivity contribution is -0.161. The van der Waals surface area contributed by atoms with E-state index in [0.29, 0.717) is 11.5 Å². The van der Waals surface area contributed by atoms with E-state index in [1.807, 2.05) is 7.05 Å². The SMILES string of the molecule is Cn1nncc1OCC12CCOC(C1)C2. The Bertz CT molecular complexity index is 352. The molecule has 82 valence electrons. The second-order valence-electron chi connectivity index (χ2n) is 4.64. The third-order valence-electron chi connectivity index (χ3n) is 3.51. The number of hydrogen-bond acceptors (Lipinski definition) is 4. The van der Waals surface area contributed by atoms with Crippen molar-refractivity contribution in [2.75, 3.05) is 13.2 Å². The summed E-state index contributed by atoms with van der Waals surface area (Å²) in [5, 5.41) is 7.62. The minimum Gasteiger partial charge on any atom is -0.476 e. The van der Waals surface area contributed by atoms with Gasteiger partial charge in [-0.05, 0) is 19.3 Å². The largest absolute Gasteiger partial charge is 0.476 e. The fourth-order valence-electron chi connectivity index (χ4n) is 2.50. The van der Waals surface area contributed by atoms with Crippen molar-refractivity contribution in [1.29, 1.82) is 0 Å². The maximum Gasteiger partial charge on any atom is 0.232 e. The van der Waals surface area contributed by atoms with Crippen LogP contribution in [0.1, 0.15) is 19.3 Å². The monoisotopic (exact) mass is 209 g/mol. The first-order valence-electron chi connectivity index (χ1n) is 5.37. The van der Waals surface area contributed by atoms with E-state index in [1.165, 1.54) is 0 Å². The van der Waals surface area contributed by atoms with E-state index in [1.54, 1.807) is 10.9 Å². The van der Waals surface area contributed by atoms with Gasteiger partial charge in [0.1, 0.15) is 6.20 Å². The fraction of sp³-hybridized carbons (Fsp3) is 0.800. The van der Waals surface area contributed by atoms with Gasteiger partial charge in [-0.15, -0.1) is 5.10 Å². The van der Waals surface area contributed by atoms with E-state index in [0.717, 1.165) is 38.4 Å². The third-order valence-corrected chi connectivity index (χ3v) is 3.51. The number of fused-ring (bicyclic) bond motifs is 2. The van der Waals surface area contributed by atoms with Gasteiger partial charge in [-0.2, -0.15) is 0 Å². The summed E-state index contributed by atoms with van der Waals surface area (Å²) in [6, 6.07) is 0. The van der Waals surface area contributed by atoms with E-state index in [-0.39, 0.29) is 0 Å². The van der Waals surface area contributed by atoms with Crippen molar-refractivity contribution >= 4 is 0 Å². The first-order chi connectivity index (χ1) is 7.27. The summed E-state index contributed by atoms with van der Waals surface area (Å²) in [6.45, 7) is 1.66. The molecule has 0 unspecified atom stereocenters. The predicted octanol–water partition coefficient (Wildman–Crippen LogP) is 0.763. The Kier molecular flexibility index (Phi) is 1.95. The predicted molar refractivity (Wildman–Crippen MR) is 52.5 cm³/mol. The summed E-state index contributed by atoms with van der Waals surface area (Å²) < 4.78 is 12.9. The zero-order valence-corrected chi connectivity index (χ0v) is 8.85. The van der Waals surface area contributed by atoms with Crippen molar-refractivity contribution in [3.8, 4) is 5.88 Å². The molecule has 1 aromatic rings. The average molecular weight is 209 g/mol. The van der Waals surface area contributed by atoms with Crippen LogP contribution in [0.25, 0.3) is 0 Å². The van der Waals surface area contributed by atoms with Crippen LogP contribution in [0.5, 0.6) is 5.88 Å². The van der Waals surface area contributed by atoms with E-state index in [4.69, 9.17) is 9.47 Å². The fourth-order valence-corrected chi connectivity index (χ4v) is 2.50. The molecule has 2 bridgehead atoms. The maximum atomic E-state index is 5.74. The molecule has 5 heteroatoms. The zero-order valence-electron chi connectivity index (χ0n) is 8.85. The van der Waals surface area contributed by atoms with Crippen molar-refractivity contribution in [1.82, 2.24) is 15.0 Å². The highest BCUT2D eigenvalue weighted by atomic mass is 16.5. The molecule has 0 amide bonds. The molecular weight excluding hydrogens is 194 g/mol. The van der Waals surface area contributed by atoms with Crippen molar-refractivity contribution < 1.29 is 9.47 Å². The zero-order chi connectivity index (χ0) is 10.3. The van der Waals surface area contributed by atoms with Gasteiger partial charge in [0.2, 0.25) is 5.88 Å². The molecule has 0 radical (unpaired) electrons. The summed E-state index contributed by atoms with van der Waals surface area (Å²) >= 11 is 0. The Morgan fingerprint density at radius 3 is 3.13 bits per heavy atom. The molecule has 0 aromatic carbocycles. The van der Waals surface area contributed by atoms with Crippen LogP contribution in [0.2, 0.25) is 0 Å². The topological polar surface area (TPSA) is 49.2 Å². The average Bonchev–Trinajstić information content (AvgIpc) is 2.61. The van der Waals surface area contributed by atoms with Crippen molar-refractivity contribution in [2.45, 2.75) is 25.4 Å². The van der Waals surface area contributed by atoms with Crippen LogP contribution in [-0.4, -0.2) is 34.3 Å². The third kappa shape index (κ3) is 1.51. The van der Waals surface area contributed by atoms with Crippen LogP contribution < -0.4 is 4.74 Å². The number of ether oxygens (including phenoxy) is 2. The second kappa shape index (κ2) is 3.20.